The van der Waals surface area contributed by atoms with Crippen LogP contribution in [0, 0.1) is 6.92 Å². The number of carbonyl (C=O) groups excluding carboxylic acids is 1. The lowest BCUT2D eigenvalue weighted by atomic mass is 10.2. The molecule has 0 aliphatic heterocycles. The number of anilines is 1. The fourth-order valence-electron chi connectivity index (χ4n) is 2.48. The summed E-state index contributed by atoms with van der Waals surface area (Å²) in [7, 11) is 3.13. The van der Waals surface area contributed by atoms with Crippen LogP contribution in [0.1, 0.15) is 16.1 Å². The molecule has 5 heteroatoms. The third-order valence-electron chi connectivity index (χ3n) is 3.66. The molecule has 0 aliphatic carbocycles. The molecule has 0 fully saturated rings. The molecular formula is C18H18N2O3. The van der Waals surface area contributed by atoms with Gasteiger partial charge in [0.15, 0.2) is 11.5 Å². The van der Waals surface area contributed by atoms with Crippen molar-refractivity contribution in [1.82, 2.24) is 4.98 Å². The maximum atomic E-state index is 12.4. The van der Waals surface area contributed by atoms with Gasteiger partial charge < -0.3 is 19.8 Å². The van der Waals surface area contributed by atoms with Crippen LogP contribution in [-0.4, -0.2) is 25.1 Å². The van der Waals surface area contributed by atoms with Gasteiger partial charge in [0.05, 0.1) is 14.2 Å². The third kappa shape index (κ3) is 2.99. The van der Waals surface area contributed by atoms with Crippen LogP contribution < -0.4 is 14.8 Å². The lowest BCUT2D eigenvalue weighted by molar-refractivity contribution is 0.102. The normalized spacial score (nSPS) is 10.6. The zero-order valence-corrected chi connectivity index (χ0v) is 13.3. The summed E-state index contributed by atoms with van der Waals surface area (Å²) in [5.74, 6) is 0.982. The largest absolute Gasteiger partial charge is 0.493 e. The van der Waals surface area contributed by atoms with Gasteiger partial charge >= 0.3 is 0 Å². The SMILES string of the molecule is COc1ccc(NC(=O)c2cc3ccc(C)cc3[nH]2)cc1OC. The number of aromatic amines is 1. The second kappa shape index (κ2) is 6.04. The van der Waals surface area contributed by atoms with E-state index in [0.717, 1.165) is 16.5 Å². The highest BCUT2D eigenvalue weighted by Gasteiger charge is 2.11. The zero-order valence-electron chi connectivity index (χ0n) is 13.3. The van der Waals surface area contributed by atoms with Crippen LogP contribution in [0.5, 0.6) is 11.5 Å². The number of methoxy groups -OCH3 is 2. The first-order chi connectivity index (χ1) is 11.1. The minimum atomic E-state index is -0.203. The van der Waals surface area contributed by atoms with Gasteiger partial charge in [-0.25, -0.2) is 0 Å². The van der Waals surface area contributed by atoms with Crippen LogP contribution in [0.4, 0.5) is 5.69 Å². The Hall–Kier alpha value is -2.95. The van der Waals surface area contributed by atoms with E-state index in [1.807, 2.05) is 31.2 Å². The number of H-pyrrole nitrogens is 1. The number of fused-ring (bicyclic) bond motifs is 1. The molecule has 1 amide bonds. The number of ether oxygens (including phenoxy) is 2. The molecule has 0 atom stereocenters. The number of aryl methyl sites for hydroxylation is 1. The lowest BCUT2D eigenvalue weighted by Crippen LogP contribution is -2.12. The molecule has 1 heterocycles. The van der Waals surface area contributed by atoms with Crippen molar-refractivity contribution < 1.29 is 14.3 Å². The Balaban J connectivity index is 1.85. The van der Waals surface area contributed by atoms with Crippen LogP contribution in [0.2, 0.25) is 0 Å². The number of amides is 1. The van der Waals surface area contributed by atoms with Gasteiger partial charge in [-0.1, -0.05) is 12.1 Å². The van der Waals surface area contributed by atoms with Crippen LogP contribution >= 0.6 is 0 Å². The third-order valence-corrected chi connectivity index (χ3v) is 3.66. The monoisotopic (exact) mass is 310 g/mol. The van der Waals surface area contributed by atoms with Crippen molar-refractivity contribution in [1.29, 1.82) is 0 Å². The van der Waals surface area contributed by atoms with Crippen LogP contribution in [0.25, 0.3) is 10.9 Å². The van der Waals surface area contributed by atoms with E-state index < -0.39 is 0 Å². The van der Waals surface area contributed by atoms with Gasteiger partial charge in [-0.15, -0.1) is 0 Å². The van der Waals surface area contributed by atoms with E-state index in [0.29, 0.717) is 22.9 Å². The summed E-state index contributed by atoms with van der Waals surface area (Å²) in [5, 5.41) is 3.86. The Kier molecular flexibility index (Phi) is 3.93. The molecule has 5 nitrogen and oxygen atoms in total. The van der Waals surface area contributed by atoms with Gasteiger partial charge in [0.1, 0.15) is 5.69 Å². The molecular weight excluding hydrogens is 292 g/mol. The fourth-order valence-corrected chi connectivity index (χ4v) is 2.48. The average molecular weight is 310 g/mol. The number of hydrogen-bond donors (Lipinski definition) is 2. The van der Waals surface area contributed by atoms with Gasteiger partial charge in [0.2, 0.25) is 0 Å². The highest BCUT2D eigenvalue weighted by molar-refractivity contribution is 6.06. The number of carbonyl (C=O) groups is 1. The Morgan fingerprint density at radius 3 is 2.52 bits per heavy atom. The second-order valence-corrected chi connectivity index (χ2v) is 5.30. The van der Waals surface area contributed by atoms with Crippen molar-refractivity contribution in [2.24, 2.45) is 0 Å². The molecule has 0 spiro atoms. The minimum Gasteiger partial charge on any atom is -0.493 e. The summed E-state index contributed by atoms with van der Waals surface area (Å²) in [6, 6.07) is 13.1. The molecule has 3 aromatic rings. The number of nitrogens with one attached hydrogen (secondary N) is 2. The van der Waals surface area contributed by atoms with Crippen LogP contribution in [-0.2, 0) is 0 Å². The Bertz CT molecular complexity index is 868. The topological polar surface area (TPSA) is 63.3 Å². The number of rotatable bonds is 4. The van der Waals surface area contributed by atoms with Gasteiger partial charge in [0.25, 0.3) is 5.91 Å². The van der Waals surface area contributed by atoms with Crippen molar-refractivity contribution >= 4 is 22.5 Å². The summed E-state index contributed by atoms with van der Waals surface area (Å²) in [6.45, 7) is 2.02. The predicted molar refractivity (Wildman–Crippen MR) is 90.5 cm³/mol. The van der Waals surface area contributed by atoms with E-state index in [1.165, 1.54) is 0 Å². The molecule has 0 aliphatic rings. The van der Waals surface area contributed by atoms with Crippen molar-refractivity contribution in [2.75, 3.05) is 19.5 Å². The highest BCUT2D eigenvalue weighted by atomic mass is 16.5. The molecule has 0 saturated carbocycles. The maximum absolute atomic E-state index is 12.4. The Morgan fingerprint density at radius 1 is 1.00 bits per heavy atom. The fraction of sp³-hybridized carbons (Fsp3) is 0.167. The maximum Gasteiger partial charge on any atom is 0.272 e. The van der Waals surface area contributed by atoms with E-state index in [-0.39, 0.29) is 5.91 Å². The zero-order chi connectivity index (χ0) is 16.4. The quantitative estimate of drug-likeness (QED) is 0.771. The Labute approximate surface area is 134 Å². The van der Waals surface area contributed by atoms with Gasteiger partial charge in [-0.05, 0) is 36.8 Å². The average Bonchev–Trinajstić information content (AvgIpc) is 2.97. The van der Waals surface area contributed by atoms with E-state index in [1.54, 1.807) is 32.4 Å². The molecule has 2 aromatic carbocycles. The standard InChI is InChI=1S/C18H18N2O3/c1-11-4-5-12-9-15(20-14(12)8-11)18(21)19-13-6-7-16(22-2)17(10-13)23-3/h4-10,20H,1-3H3,(H,19,21). The number of hydrogen-bond acceptors (Lipinski definition) is 3. The molecule has 1 aromatic heterocycles. The van der Waals surface area contributed by atoms with Crippen LogP contribution in [0.3, 0.4) is 0 Å². The minimum absolute atomic E-state index is 0.203. The first kappa shape index (κ1) is 15.0. The molecule has 0 radical (unpaired) electrons. The van der Waals surface area contributed by atoms with E-state index in [2.05, 4.69) is 10.3 Å². The van der Waals surface area contributed by atoms with Crippen LogP contribution in [0.15, 0.2) is 42.5 Å². The van der Waals surface area contributed by atoms with Crippen molar-refractivity contribution in [3.05, 3.63) is 53.7 Å². The molecule has 23 heavy (non-hydrogen) atoms. The summed E-state index contributed by atoms with van der Waals surface area (Å²) in [4.78, 5) is 15.5. The summed E-state index contributed by atoms with van der Waals surface area (Å²) in [6.07, 6.45) is 0. The molecule has 3 rings (SSSR count). The lowest BCUT2D eigenvalue weighted by Gasteiger charge is -2.10. The summed E-state index contributed by atoms with van der Waals surface area (Å²) < 4.78 is 10.4. The first-order valence-corrected chi connectivity index (χ1v) is 7.23. The van der Waals surface area contributed by atoms with Gasteiger partial charge in [-0.3, -0.25) is 4.79 Å². The van der Waals surface area contributed by atoms with E-state index >= 15 is 0 Å². The Morgan fingerprint density at radius 2 is 1.78 bits per heavy atom. The van der Waals surface area contributed by atoms with Gasteiger partial charge in [-0.2, -0.15) is 0 Å². The molecule has 118 valence electrons. The van der Waals surface area contributed by atoms with Crippen molar-refractivity contribution in [3.63, 3.8) is 0 Å². The highest BCUT2D eigenvalue weighted by Crippen LogP contribution is 2.30. The summed E-state index contributed by atoms with van der Waals surface area (Å²) >= 11 is 0. The van der Waals surface area contributed by atoms with Crippen molar-refractivity contribution in [3.8, 4) is 11.5 Å². The van der Waals surface area contributed by atoms with E-state index in [4.69, 9.17) is 9.47 Å². The molecule has 0 bridgehead atoms. The molecule has 2 N–H and O–H groups in total. The first-order valence-electron chi connectivity index (χ1n) is 7.23. The van der Waals surface area contributed by atoms with Crippen molar-refractivity contribution in [2.45, 2.75) is 6.92 Å². The smallest absolute Gasteiger partial charge is 0.272 e. The molecule has 0 saturated heterocycles. The summed E-state index contributed by atoms with van der Waals surface area (Å²) in [5.41, 5.74) is 3.25. The van der Waals surface area contributed by atoms with Gasteiger partial charge in [0, 0.05) is 22.7 Å². The molecule has 0 unspecified atom stereocenters. The number of benzene rings is 2. The predicted octanol–water partition coefficient (Wildman–Crippen LogP) is 3.75. The number of aromatic nitrogens is 1. The second-order valence-electron chi connectivity index (χ2n) is 5.30. The van der Waals surface area contributed by atoms with E-state index in [9.17, 15) is 4.79 Å².